The van der Waals surface area contributed by atoms with Gasteiger partial charge in [0.15, 0.2) is 0 Å². The van der Waals surface area contributed by atoms with Gasteiger partial charge in [-0.2, -0.15) is 0 Å². The van der Waals surface area contributed by atoms with Crippen LogP contribution in [0, 0.1) is 0 Å². The van der Waals surface area contributed by atoms with Crippen LogP contribution in [0.25, 0.3) is 0 Å². The number of benzene rings is 1. The number of aliphatic imine (C=N–C) groups is 1. The Labute approximate surface area is 94.8 Å². The molecule has 84 valence electrons. The summed E-state index contributed by atoms with van der Waals surface area (Å²) in [5.41, 5.74) is 1.51. The third-order valence-corrected chi connectivity index (χ3v) is 3.57. The molecular weight excluding hydrogens is 224 g/mol. The molecule has 0 saturated carbocycles. The molecule has 1 aromatic carbocycles. The van der Waals surface area contributed by atoms with E-state index < -0.39 is 10.0 Å². The smallest absolute Gasteiger partial charge is 0.263 e. The lowest BCUT2D eigenvalue weighted by Gasteiger charge is -1.98. The summed E-state index contributed by atoms with van der Waals surface area (Å²) in [7, 11) is -3.41. The van der Waals surface area contributed by atoms with Crippen LogP contribution in [0.1, 0.15) is 12.5 Å². The molecule has 0 aliphatic carbocycles. The van der Waals surface area contributed by atoms with E-state index in [1.807, 2.05) is 6.92 Å². The first-order valence-corrected chi connectivity index (χ1v) is 6.30. The zero-order chi connectivity index (χ0) is 11.8. The summed E-state index contributed by atoms with van der Waals surface area (Å²) >= 11 is 0. The second-order valence-corrected chi connectivity index (χ2v) is 5.37. The molecule has 0 aromatic heterocycles. The van der Waals surface area contributed by atoms with Crippen LogP contribution in [0.2, 0.25) is 0 Å². The molecule has 1 heterocycles. The van der Waals surface area contributed by atoms with E-state index >= 15 is 0 Å². The predicted molar refractivity (Wildman–Crippen MR) is 63.0 cm³/mol. The highest BCUT2D eigenvalue weighted by atomic mass is 32.2. The number of amidine groups is 1. The van der Waals surface area contributed by atoms with Gasteiger partial charge in [0, 0.05) is 5.56 Å². The van der Waals surface area contributed by atoms with E-state index in [4.69, 9.17) is 0 Å². The van der Waals surface area contributed by atoms with Crippen molar-refractivity contribution in [2.24, 2.45) is 4.99 Å². The molecule has 0 bridgehead atoms. The average Bonchev–Trinajstić information content (AvgIpc) is 2.49. The molecule has 0 unspecified atom stereocenters. The van der Waals surface area contributed by atoms with Crippen LogP contribution in [-0.4, -0.2) is 20.8 Å². The molecule has 16 heavy (non-hydrogen) atoms. The number of rotatable bonds is 2. The van der Waals surface area contributed by atoms with E-state index in [0.717, 1.165) is 5.57 Å². The molecule has 0 spiro atoms. The van der Waals surface area contributed by atoms with Crippen molar-refractivity contribution in [1.29, 1.82) is 0 Å². The Hall–Kier alpha value is -1.62. The monoisotopic (exact) mass is 236 g/mol. The van der Waals surface area contributed by atoms with Crippen LogP contribution in [0.5, 0.6) is 0 Å². The van der Waals surface area contributed by atoms with Gasteiger partial charge in [-0.05, 0) is 19.1 Å². The van der Waals surface area contributed by atoms with E-state index in [1.165, 1.54) is 0 Å². The van der Waals surface area contributed by atoms with Crippen molar-refractivity contribution in [3.63, 3.8) is 0 Å². The minimum atomic E-state index is -3.41. The van der Waals surface area contributed by atoms with Crippen LogP contribution < -0.4 is 4.72 Å². The average molecular weight is 236 g/mol. The van der Waals surface area contributed by atoms with Crippen LogP contribution >= 0.6 is 0 Å². The predicted octanol–water partition coefficient (Wildman–Crippen LogP) is 1.30. The van der Waals surface area contributed by atoms with Crippen molar-refractivity contribution < 1.29 is 8.42 Å². The Morgan fingerprint density at radius 2 is 2.12 bits per heavy atom. The lowest BCUT2D eigenvalue weighted by molar-refractivity contribution is 0.595. The van der Waals surface area contributed by atoms with Gasteiger partial charge in [0.2, 0.25) is 0 Å². The molecule has 0 atom stereocenters. The highest BCUT2D eigenvalue weighted by Crippen LogP contribution is 2.22. The van der Waals surface area contributed by atoms with Gasteiger partial charge in [-0.3, -0.25) is 9.71 Å². The molecule has 5 heteroatoms. The maximum atomic E-state index is 11.7. The third-order valence-electron chi connectivity index (χ3n) is 2.17. The number of nitrogens with zero attached hydrogens (tertiary/aromatic N) is 1. The highest BCUT2D eigenvalue weighted by Gasteiger charge is 2.29. The normalized spacial score (nSPS) is 19.2. The van der Waals surface area contributed by atoms with Gasteiger partial charge in [-0.15, -0.1) is 0 Å². The van der Waals surface area contributed by atoms with Gasteiger partial charge in [0.1, 0.15) is 5.84 Å². The lowest BCUT2D eigenvalue weighted by atomic mass is 10.2. The van der Waals surface area contributed by atoms with Crippen molar-refractivity contribution in [1.82, 2.24) is 4.72 Å². The standard InChI is InChI=1S/C11H12N2O2S/c1-8(2)7-12-11-9-5-3-4-6-10(9)16(14,15)13-11/h3-6H,1,7H2,2H3,(H,12,13). The molecule has 2 rings (SSSR count). The molecule has 0 radical (unpaired) electrons. The second kappa shape index (κ2) is 3.75. The number of nitrogens with one attached hydrogen (secondary N) is 1. The van der Waals surface area contributed by atoms with E-state index in [1.54, 1.807) is 24.3 Å². The summed E-state index contributed by atoms with van der Waals surface area (Å²) in [4.78, 5) is 4.47. The van der Waals surface area contributed by atoms with E-state index in [0.29, 0.717) is 17.9 Å². The summed E-state index contributed by atoms with van der Waals surface area (Å²) in [5.74, 6) is 0.401. The summed E-state index contributed by atoms with van der Waals surface area (Å²) in [6, 6.07) is 6.79. The maximum Gasteiger partial charge on any atom is 0.263 e. The van der Waals surface area contributed by atoms with Crippen LogP contribution in [0.15, 0.2) is 46.3 Å². The zero-order valence-electron chi connectivity index (χ0n) is 8.90. The summed E-state index contributed by atoms with van der Waals surface area (Å²) < 4.78 is 25.8. The largest absolute Gasteiger partial charge is 0.263 e. The number of hydrogen-bond donors (Lipinski definition) is 1. The maximum absolute atomic E-state index is 11.7. The Balaban J connectivity index is 2.49. The number of hydrogen-bond acceptors (Lipinski definition) is 3. The molecule has 0 fully saturated rings. The van der Waals surface area contributed by atoms with Gasteiger partial charge in [0.25, 0.3) is 10.0 Å². The molecule has 1 aromatic rings. The zero-order valence-corrected chi connectivity index (χ0v) is 9.71. The topological polar surface area (TPSA) is 58.5 Å². The fraction of sp³-hybridized carbons (Fsp3) is 0.182. The van der Waals surface area contributed by atoms with Gasteiger partial charge in [-0.25, -0.2) is 8.42 Å². The first-order valence-electron chi connectivity index (χ1n) is 4.82. The Bertz CT molecular complexity index is 573. The first kappa shape index (κ1) is 10.9. The summed E-state index contributed by atoms with van der Waals surface area (Å²) in [5, 5.41) is 0. The Morgan fingerprint density at radius 3 is 2.81 bits per heavy atom. The Morgan fingerprint density at radius 1 is 1.44 bits per heavy atom. The van der Waals surface area contributed by atoms with Crippen LogP contribution in [0.3, 0.4) is 0 Å². The molecular formula is C11H12N2O2S. The van der Waals surface area contributed by atoms with Crippen molar-refractivity contribution in [3.05, 3.63) is 42.0 Å². The van der Waals surface area contributed by atoms with Crippen molar-refractivity contribution in [2.45, 2.75) is 11.8 Å². The van der Waals surface area contributed by atoms with Crippen molar-refractivity contribution in [2.75, 3.05) is 6.54 Å². The minimum absolute atomic E-state index is 0.287. The second-order valence-electron chi connectivity index (χ2n) is 3.72. The Kier molecular flexibility index (Phi) is 2.55. The fourth-order valence-electron chi connectivity index (χ4n) is 1.47. The molecule has 1 aliphatic rings. The van der Waals surface area contributed by atoms with Crippen LogP contribution in [-0.2, 0) is 10.0 Å². The van der Waals surface area contributed by atoms with Gasteiger partial charge in [0.05, 0.1) is 11.4 Å². The van der Waals surface area contributed by atoms with Gasteiger partial charge < -0.3 is 0 Å². The quantitative estimate of drug-likeness (QED) is 0.787. The van der Waals surface area contributed by atoms with Crippen LogP contribution in [0.4, 0.5) is 0 Å². The van der Waals surface area contributed by atoms with Crippen molar-refractivity contribution in [3.8, 4) is 0 Å². The number of sulfonamides is 1. The number of fused-ring (bicyclic) bond motifs is 1. The van der Waals surface area contributed by atoms with Gasteiger partial charge in [-0.1, -0.05) is 24.3 Å². The minimum Gasteiger partial charge on any atom is -0.263 e. The summed E-state index contributed by atoms with van der Waals surface area (Å²) in [6.45, 7) is 5.99. The molecule has 0 amide bonds. The lowest BCUT2D eigenvalue weighted by Crippen LogP contribution is -2.22. The SMILES string of the molecule is C=C(C)CN=C1NS(=O)(=O)c2ccccc21. The molecule has 1 aliphatic heterocycles. The van der Waals surface area contributed by atoms with E-state index in [-0.39, 0.29) is 4.90 Å². The van der Waals surface area contributed by atoms with E-state index in [9.17, 15) is 8.42 Å². The fourth-order valence-corrected chi connectivity index (χ4v) is 2.72. The summed E-state index contributed by atoms with van der Waals surface area (Å²) in [6.07, 6.45) is 0. The molecule has 0 saturated heterocycles. The highest BCUT2D eigenvalue weighted by molar-refractivity contribution is 7.90. The third kappa shape index (κ3) is 1.86. The first-order chi connectivity index (χ1) is 7.50. The van der Waals surface area contributed by atoms with E-state index in [2.05, 4.69) is 16.3 Å². The van der Waals surface area contributed by atoms with Crippen molar-refractivity contribution >= 4 is 15.9 Å². The van der Waals surface area contributed by atoms with Gasteiger partial charge >= 0.3 is 0 Å². The molecule has 1 N–H and O–H groups in total. The molecule has 4 nitrogen and oxygen atoms in total.